The number of aryl methyl sites for hydroxylation is 1. The summed E-state index contributed by atoms with van der Waals surface area (Å²) in [5.74, 6) is 0.104. The van der Waals surface area contributed by atoms with Gasteiger partial charge in [0, 0.05) is 36.6 Å². The molecule has 0 bridgehead atoms. The van der Waals surface area contributed by atoms with Gasteiger partial charge < -0.3 is 4.74 Å². The van der Waals surface area contributed by atoms with Crippen molar-refractivity contribution < 1.29 is 9.53 Å². The molecule has 2 aromatic rings. The Morgan fingerprint density at radius 1 is 1.33 bits per heavy atom. The van der Waals surface area contributed by atoms with Gasteiger partial charge in [-0.05, 0) is 31.0 Å². The van der Waals surface area contributed by atoms with Crippen molar-refractivity contribution in [3.05, 3.63) is 22.7 Å². The second-order valence-corrected chi connectivity index (χ2v) is 9.53. The van der Waals surface area contributed by atoms with E-state index in [0.717, 1.165) is 60.2 Å². The van der Waals surface area contributed by atoms with E-state index in [1.807, 2.05) is 44.7 Å². The van der Waals surface area contributed by atoms with E-state index in [0.29, 0.717) is 11.6 Å². The molecule has 148 valence electrons. The molecule has 1 fully saturated rings. The van der Waals surface area contributed by atoms with E-state index in [-0.39, 0.29) is 5.91 Å². The molecular formula is C20H28ClN3O2S. The maximum Gasteiger partial charge on any atom is 0.234 e. The second kappa shape index (κ2) is 8.43. The van der Waals surface area contributed by atoms with Gasteiger partial charge in [-0.25, -0.2) is 4.98 Å². The van der Waals surface area contributed by atoms with Gasteiger partial charge in [-0.3, -0.25) is 14.6 Å². The van der Waals surface area contributed by atoms with E-state index in [1.54, 1.807) is 11.3 Å². The summed E-state index contributed by atoms with van der Waals surface area (Å²) in [4.78, 5) is 22.1. The first-order valence-corrected chi connectivity index (χ1v) is 10.6. The van der Waals surface area contributed by atoms with Crippen LogP contribution in [0.1, 0.15) is 32.8 Å². The van der Waals surface area contributed by atoms with Gasteiger partial charge in [-0.2, -0.15) is 0 Å². The third-order valence-electron chi connectivity index (χ3n) is 4.72. The van der Waals surface area contributed by atoms with Gasteiger partial charge in [0.05, 0.1) is 23.4 Å². The van der Waals surface area contributed by atoms with Crippen LogP contribution < -0.4 is 4.90 Å². The molecular weight excluding hydrogens is 382 g/mol. The van der Waals surface area contributed by atoms with E-state index in [1.165, 1.54) is 0 Å². The second-order valence-electron chi connectivity index (χ2n) is 8.08. The Labute approximate surface area is 170 Å². The number of hydrogen-bond acceptors (Lipinski definition) is 5. The van der Waals surface area contributed by atoms with Crippen molar-refractivity contribution in [3.8, 4) is 0 Å². The molecule has 1 saturated heterocycles. The first-order chi connectivity index (χ1) is 12.8. The summed E-state index contributed by atoms with van der Waals surface area (Å²) in [6.07, 6.45) is 0.914. The van der Waals surface area contributed by atoms with Crippen molar-refractivity contribution in [3.63, 3.8) is 0 Å². The highest BCUT2D eigenvalue weighted by atomic mass is 35.5. The van der Waals surface area contributed by atoms with Gasteiger partial charge in [0.1, 0.15) is 0 Å². The standard InChI is InChI=1S/C20H28ClN3O2S/c1-14-12-15(21)13-16-17(14)22-19(27-16)24(18(25)20(2,3)4)7-5-6-23-8-10-26-11-9-23/h12-13H,5-11H2,1-4H3. The lowest BCUT2D eigenvalue weighted by Gasteiger charge is -2.30. The molecule has 0 aliphatic carbocycles. The number of aromatic nitrogens is 1. The molecule has 1 aliphatic heterocycles. The molecule has 0 unspecified atom stereocenters. The van der Waals surface area contributed by atoms with Crippen LogP contribution >= 0.6 is 22.9 Å². The Kier molecular flexibility index (Phi) is 6.41. The van der Waals surface area contributed by atoms with E-state index in [9.17, 15) is 4.79 Å². The zero-order valence-electron chi connectivity index (χ0n) is 16.5. The van der Waals surface area contributed by atoms with E-state index >= 15 is 0 Å². The molecule has 0 spiro atoms. The molecule has 1 aliphatic rings. The zero-order valence-corrected chi connectivity index (χ0v) is 18.1. The number of nitrogens with zero attached hydrogens (tertiary/aromatic N) is 3. The van der Waals surface area contributed by atoms with Crippen LogP contribution in [0.25, 0.3) is 10.2 Å². The number of thiazole rings is 1. The van der Waals surface area contributed by atoms with Crippen molar-refractivity contribution in [2.45, 2.75) is 34.1 Å². The smallest absolute Gasteiger partial charge is 0.234 e. The predicted molar refractivity (Wildman–Crippen MR) is 113 cm³/mol. The van der Waals surface area contributed by atoms with Crippen molar-refractivity contribution in [1.29, 1.82) is 0 Å². The number of rotatable bonds is 5. The largest absolute Gasteiger partial charge is 0.379 e. The highest BCUT2D eigenvalue weighted by Crippen LogP contribution is 2.34. The number of carbonyl (C=O) groups is 1. The number of benzene rings is 1. The maximum atomic E-state index is 13.1. The SMILES string of the molecule is Cc1cc(Cl)cc2sc(N(CCCN3CCOCC3)C(=O)C(C)(C)C)nc12. The number of hydrogen-bond donors (Lipinski definition) is 0. The molecule has 1 aromatic heterocycles. The summed E-state index contributed by atoms with van der Waals surface area (Å²) in [6, 6.07) is 3.85. The Morgan fingerprint density at radius 2 is 2.04 bits per heavy atom. The normalized spacial score (nSPS) is 16.0. The Bertz CT molecular complexity index is 809. The lowest BCUT2D eigenvalue weighted by atomic mass is 9.95. The Balaban J connectivity index is 1.81. The van der Waals surface area contributed by atoms with Crippen LogP contribution in [-0.2, 0) is 9.53 Å². The number of fused-ring (bicyclic) bond motifs is 1. The molecule has 3 rings (SSSR count). The van der Waals surface area contributed by atoms with E-state index in [4.69, 9.17) is 21.3 Å². The fourth-order valence-corrected chi connectivity index (χ4v) is 4.67. The first-order valence-electron chi connectivity index (χ1n) is 9.44. The fraction of sp³-hybridized carbons (Fsp3) is 0.600. The Morgan fingerprint density at radius 3 is 2.70 bits per heavy atom. The molecule has 1 amide bonds. The third-order valence-corrected chi connectivity index (χ3v) is 5.96. The van der Waals surface area contributed by atoms with Crippen LogP contribution in [0.5, 0.6) is 0 Å². The minimum Gasteiger partial charge on any atom is -0.379 e. The van der Waals surface area contributed by atoms with Crippen LogP contribution in [0.2, 0.25) is 5.02 Å². The highest BCUT2D eigenvalue weighted by molar-refractivity contribution is 7.22. The summed E-state index contributed by atoms with van der Waals surface area (Å²) in [5.41, 5.74) is 1.51. The van der Waals surface area contributed by atoms with Crippen LogP contribution in [-0.4, -0.2) is 55.2 Å². The molecule has 7 heteroatoms. The topological polar surface area (TPSA) is 45.7 Å². The van der Waals surface area contributed by atoms with Crippen LogP contribution in [0.3, 0.4) is 0 Å². The lowest BCUT2D eigenvalue weighted by Crippen LogP contribution is -2.42. The lowest BCUT2D eigenvalue weighted by molar-refractivity contribution is -0.125. The monoisotopic (exact) mass is 409 g/mol. The molecule has 0 atom stereocenters. The van der Waals surface area contributed by atoms with Crippen molar-refractivity contribution in [2.24, 2.45) is 5.41 Å². The highest BCUT2D eigenvalue weighted by Gasteiger charge is 2.30. The Hall–Kier alpha value is -1.21. The molecule has 2 heterocycles. The van der Waals surface area contributed by atoms with Crippen molar-refractivity contribution in [2.75, 3.05) is 44.3 Å². The van der Waals surface area contributed by atoms with Crippen LogP contribution in [0.15, 0.2) is 12.1 Å². The van der Waals surface area contributed by atoms with Gasteiger partial charge in [0.15, 0.2) is 5.13 Å². The minimum atomic E-state index is -0.455. The number of halogens is 1. The quantitative estimate of drug-likeness (QED) is 0.736. The summed E-state index contributed by atoms with van der Waals surface area (Å²) in [7, 11) is 0. The van der Waals surface area contributed by atoms with Gasteiger partial charge in [0.25, 0.3) is 0 Å². The predicted octanol–water partition coefficient (Wildman–Crippen LogP) is 4.36. The average Bonchev–Trinajstić information content (AvgIpc) is 3.02. The summed E-state index contributed by atoms with van der Waals surface area (Å²) < 4.78 is 6.43. The summed E-state index contributed by atoms with van der Waals surface area (Å²) >= 11 is 7.74. The summed E-state index contributed by atoms with van der Waals surface area (Å²) in [6.45, 7) is 13.0. The van der Waals surface area contributed by atoms with Gasteiger partial charge >= 0.3 is 0 Å². The number of carbonyl (C=O) groups excluding carboxylic acids is 1. The number of amides is 1. The van der Waals surface area contributed by atoms with Gasteiger partial charge in [-0.15, -0.1) is 0 Å². The zero-order chi connectivity index (χ0) is 19.6. The molecule has 0 N–H and O–H groups in total. The number of anilines is 1. The molecule has 1 aromatic carbocycles. The molecule has 27 heavy (non-hydrogen) atoms. The van der Waals surface area contributed by atoms with Gasteiger partial charge in [-0.1, -0.05) is 43.7 Å². The average molecular weight is 410 g/mol. The molecule has 0 saturated carbocycles. The number of morpholine rings is 1. The van der Waals surface area contributed by atoms with Gasteiger partial charge in [0.2, 0.25) is 5.91 Å². The minimum absolute atomic E-state index is 0.104. The van der Waals surface area contributed by atoms with Crippen molar-refractivity contribution >= 4 is 44.2 Å². The molecule has 5 nitrogen and oxygen atoms in total. The fourth-order valence-electron chi connectivity index (χ4n) is 3.22. The number of ether oxygens (including phenoxy) is 1. The third kappa shape index (κ3) is 4.99. The van der Waals surface area contributed by atoms with Crippen LogP contribution in [0.4, 0.5) is 5.13 Å². The maximum absolute atomic E-state index is 13.1. The summed E-state index contributed by atoms with van der Waals surface area (Å²) in [5, 5.41) is 1.47. The van der Waals surface area contributed by atoms with Crippen LogP contribution in [0, 0.1) is 12.3 Å². The molecule has 0 radical (unpaired) electrons. The first kappa shape index (κ1) is 20.5. The van der Waals surface area contributed by atoms with Crippen molar-refractivity contribution in [1.82, 2.24) is 9.88 Å². The van der Waals surface area contributed by atoms with E-state index < -0.39 is 5.41 Å². The van der Waals surface area contributed by atoms with E-state index in [2.05, 4.69) is 4.90 Å².